The summed E-state index contributed by atoms with van der Waals surface area (Å²) in [6.07, 6.45) is 0. The van der Waals surface area contributed by atoms with Crippen LogP contribution >= 0.6 is 11.3 Å². The summed E-state index contributed by atoms with van der Waals surface area (Å²) in [6, 6.07) is 12.0. The first-order valence-electron chi connectivity index (χ1n) is 8.29. The number of amides is 1. The topological polar surface area (TPSA) is 84.5 Å². The van der Waals surface area contributed by atoms with Crippen LogP contribution in [0.1, 0.15) is 21.5 Å². The van der Waals surface area contributed by atoms with Gasteiger partial charge in [0.25, 0.3) is 15.9 Å². The smallest absolute Gasteiger partial charge is 0.271 e. The summed E-state index contributed by atoms with van der Waals surface area (Å²) in [5.41, 5.74) is 2.47. The van der Waals surface area contributed by atoms with Crippen molar-refractivity contribution in [1.82, 2.24) is 0 Å². The summed E-state index contributed by atoms with van der Waals surface area (Å²) in [5.74, 6) is -1.12. The Hall–Kier alpha value is -2.75. The molecule has 2 aromatic carbocycles. The quantitative estimate of drug-likeness (QED) is 0.657. The van der Waals surface area contributed by atoms with Crippen molar-refractivity contribution in [3.63, 3.8) is 0 Å². The van der Waals surface area contributed by atoms with Crippen LogP contribution < -0.4 is 10.0 Å². The predicted molar refractivity (Wildman–Crippen MR) is 104 cm³/mol. The van der Waals surface area contributed by atoms with E-state index in [9.17, 15) is 17.6 Å². The number of rotatable bonds is 5. The van der Waals surface area contributed by atoms with Gasteiger partial charge in [-0.3, -0.25) is 9.52 Å². The van der Waals surface area contributed by atoms with Crippen molar-refractivity contribution in [3.05, 3.63) is 76.4 Å². The van der Waals surface area contributed by atoms with E-state index >= 15 is 0 Å². The van der Waals surface area contributed by atoms with E-state index in [1.165, 1.54) is 18.2 Å². The number of thiophene rings is 1. The van der Waals surface area contributed by atoms with Crippen molar-refractivity contribution in [3.8, 4) is 0 Å². The Balaban J connectivity index is 1.54. The first-order valence-corrected chi connectivity index (χ1v) is 10.7. The number of hydrogen-bond donors (Lipinski definition) is 2. The normalized spacial score (nSPS) is 13.2. The van der Waals surface area contributed by atoms with Crippen LogP contribution in [0.25, 0.3) is 0 Å². The van der Waals surface area contributed by atoms with Crippen molar-refractivity contribution < 1.29 is 22.3 Å². The fourth-order valence-electron chi connectivity index (χ4n) is 2.81. The van der Waals surface area contributed by atoms with Crippen LogP contribution in [0.4, 0.5) is 15.8 Å². The molecule has 1 aliphatic rings. The second-order valence-electron chi connectivity index (χ2n) is 6.16. The fourth-order valence-corrected chi connectivity index (χ4v) is 4.86. The van der Waals surface area contributed by atoms with Crippen molar-refractivity contribution in [2.24, 2.45) is 0 Å². The number of carbonyl (C=O) groups is 1. The first kappa shape index (κ1) is 18.6. The molecule has 6 nitrogen and oxygen atoms in total. The number of sulfonamides is 1. The molecule has 0 bridgehead atoms. The summed E-state index contributed by atoms with van der Waals surface area (Å²) < 4.78 is 46.3. The monoisotopic (exact) mass is 418 g/mol. The van der Waals surface area contributed by atoms with Crippen LogP contribution in [0.3, 0.4) is 0 Å². The molecule has 2 heterocycles. The third kappa shape index (κ3) is 3.77. The van der Waals surface area contributed by atoms with Gasteiger partial charge in [-0.2, -0.15) is 0 Å². The zero-order chi connectivity index (χ0) is 19.7. The Morgan fingerprint density at radius 3 is 2.68 bits per heavy atom. The molecule has 0 aliphatic carbocycles. The minimum absolute atomic E-state index is 0.0710. The largest absolute Gasteiger partial charge is 0.372 e. The number of nitrogens with one attached hydrogen (secondary N) is 2. The van der Waals surface area contributed by atoms with E-state index in [1.807, 2.05) is 6.07 Å². The fraction of sp³-hybridized carbons (Fsp3) is 0.105. The molecule has 0 saturated carbocycles. The molecule has 1 amide bonds. The summed E-state index contributed by atoms with van der Waals surface area (Å²) in [5, 5.41) is 4.27. The van der Waals surface area contributed by atoms with Gasteiger partial charge in [0.05, 0.1) is 18.9 Å². The predicted octanol–water partition coefficient (Wildman–Crippen LogP) is 3.97. The lowest BCUT2D eigenvalue weighted by Gasteiger charge is -2.11. The van der Waals surface area contributed by atoms with E-state index in [1.54, 1.807) is 23.6 Å². The van der Waals surface area contributed by atoms with Gasteiger partial charge < -0.3 is 10.1 Å². The maximum Gasteiger partial charge on any atom is 0.271 e. The summed E-state index contributed by atoms with van der Waals surface area (Å²) in [4.78, 5) is 12.5. The van der Waals surface area contributed by atoms with Crippen LogP contribution in [0.15, 0.2) is 58.1 Å². The molecule has 0 spiro atoms. The zero-order valence-corrected chi connectivity index (χ0v) is 16.1. The van der Waals surface area contributed by atoms with Crippen LogP contribution in [0, 0.1) is 5.82 Å². The number of fused-ring (bicyclic) bond motifs is 1. The molecule has 9 heteroatoms. The number of benzene rings is 2. The maximum atomic E-state index is 14.1. The molecule has 2 N–H and O–H groups in total. The Kier molecular flexibility index (Phi) is 4.88. The molecule has 28 heavy (non-hydrogen) atoms. The lowest BCUT2D eigenvalue weighted by molar-refractivity contribution is 0.102. The Morgan fingerprint density at radius 2 is 1.89 bits per heavy atom. The van der Waals surface area contributed by atoms with Crippen molar-refractivity contribution in [2.45, 2.75) is 17.4 Å². The maximum absolute atomic E-state index is 14.1. The molecule has 0 unspecified atom stereocenters. The second kappa shape index (κ2) is 7.34. The van der Waals surface area contributed by atoms with Crippen molar-refractivity contribution in [2.75, 3.05) is 10.0 Å². The highest BCUT2D eigenvalue weighted by Gasteiger charge is 2.19. The Morgan fingerprint density at radius 1 is 1.07 bits per heavy atom. The van der Waals surface area contributed by atoms with E-state index < -0.39 is 15.8 Å². The van der Waals surface area contributed by atoms with Gasteiger partial charge in [0.2, 0.25) is 0 Å². The number of halogens is 1. The molecular formula is C19H15FN2O4S2. The lowest BCUT2D eigenvalue weighted by Crippen LogP contribution is -2.15. The molecular weight excluding hydrogens is 403 g/mol. The summed E-state index contributed by atoms with van der Waals surface area (Å²) in [6.45, 7) is 0.991. The van der Waals surface area contributed by atoms with Crippen LogP contribution in [0.2, 0.25) is 0 Å². The van der Waals surface area contributed by atoms with Gasteiger partial charge in [-0.15, -0.1) is 11.3 Å². The number of carbonyl (C=O) groups excluding carboxylic acids is 1. The van der Waals surface area contributed by atoms with Crippen molar-refractivity contribution >= 4 is 38.6 Å². The van der Waals surface area contributed by atoms with Crippen LogP contribution in [0.5, 0.6) is 0 Å². The van der Waals surface area contributed by atoms with Gasteiger partial charge in [-0.05, 0) is 52.9 Å². The highest BCUT2D eigenvalue weighted by atomic mass is 32.2. The molecule has 0 saturated heterocycles. The Labute approximate surface area is 165 Å². The summed E-state index contributed by atoms with van der Waals surface area (Å²) in [7, 11) is -3.89. The zero-order valence-electron chi connectivity index (χ0n) is 14.4. The van der Waals surface area contributed by atoms with Gasteiger partial charge in [0.15, 0.2) is 0 Å². The van der Waals surface area contributed by atoms with Crippen molar-refractivity contribution in [1.29, 1.82) is 0 Å². The molecule has 0 atom stereocenters. The first-order chi connectivity index (χ1) is 13.4. The molecule has 3 aromatic rings. The molecule has 1 aromatic heterocycles. The van der Waals surface area contributed by atoms with E-state index in [2.05, 4.69) is 10.0 Å². The van der Waals surface area contributed by atoms with Gasteiger partial charge >= 0.3 is 0 Å². The van der Waals surface area contributed by atoms with Gasteiger partial charge in [0.1, 0.15) is 10.0 Å². The molecule has 4 rings (SSSR count). The highest BCUT2D eigenvalue weighted by molar-refractivity contribution is 7.94. The minimum Gasteiger partial charge on any atom is -0.372 e. The van der Waals surface area contributed by atoms with Gasteiger partial charge in [0, 0.05) is 11.3 Å². The lowest BCUT2D eigenvalue weighted by atomic mass is 10.1. The molecule has 0 fully saturated rings. The standard InChI is InChI=1S/C19H15FN2O4S2/c20-16-6-5-15(9-17(16)22-28(24,25)18-2-1-7-27-18)21-19(23)12-3-4-13-10-26-11-14(13)8-12/h1-9,22H,10-11H2,(H,21,23). The van der Waals surface area contributed by atoms with Gasteiger partial charge in [-0.1, -0.05) is 12.1 Å². The van der Waals surface area contributed by atoms with Crippen LogP contribution in [-0.4, -0.2) is 14.3 Å². The molecule has 144 valence electrons. The number of anilines is 2. The molecule has 1 aliphatic heterocycles. The average molecular weight is 418 g/mol. The van der Waals surface area contributed by atoms with E-state index in [0.717, 1.165) is 28.5 Å². The van der Waals surface area contributed by atoms with Crippen LogP contribution in [-0.2, 0) is 28.0 Å². The molecule has 0 radical (unpaired) electrons. The van der Waals surface area contributed by atoms with Gasteiger partial charge in [-0.25, -0.2) is 12.8 Å². The minimum atomic E-state index is -3.89. The second-order valence-corrected chi connectivity index (χ2v) is 9.02. The third-order valence-corrected chi connectivity index (χ3v) is 6.98. The average Bonchev–Trinajstić information content (AvgIpc) is 3.35. The SMILES string of the molecule is O=C(Nc1ccc(F)c(NS(=O)(=O)c2cccs2)c1)c1ccc2c(c1)COC2. The van der Waals surface area contributed by atoms with E-state index in [0.29, 0.717) is 18.8 Å². The van der Waals surface area contributed by atoms with E-state index in [4.69, 9.17) is 4.74 Å². The highest BCUT2D eigenvalue weighted by Crippen LogP contribution is 2.26. The number of ether oxygens (including phenoxy) is 1. The third-order valence-electron chi connectivity index (χ3n) is 4.21. The summed E-state index contributed by atoms with van der Waals surface area (Å²) >= 11 is 1.02. The number of hydrogen-bond acceptors (Lipinski definition) is 5. The van der Waals surface area contributed by atoms with E-state index in [-0.39, 0.29) is 21.5 Å². The Bertz CT molecular complexity index is 1140.